The van der Waals surface area contributed by atoms with Crippen LogP contribution in [-0.2, 0) is 0 Å². The van der Waals surface area contributed by atoms with E-state index in [1.807, 2.05) is 24.8 Å². The maximum atomic E-state index is 4.42. The first-order chi connectivity index (χ1) is 28.8. The van der Waals surface area contributed by atoms with Crippen molar-refractivity contribution in [3.8, 4) is 66.8 Å². The summed E-state index contributed by atoms with van der Waals surface area (Å²) in [5.74, 6) is 0. The molecule has 12 aromatic rings. The summed E-state index contributed by atoms with van der Waals surface area (Å²) in [5.41, 5.74) is 15.5. The van der Waals surface area contributed by atoms with Gasteiger partial charge < -0.3 is 0 Å². The highest BCUT2D eigenvalue weighted by Crippen LogP contribution is 2.57. The van der Waals surface area contributed by atoms with Crippen LogP contribution in [0.4, 0.5) is 0 Å². The monoisotopic (exact) mass is 730 g/mol. The van der Waals surface area contributed by atoms with E-state index in [2.05, 4.69) is 168 Å². The summed E-state index contributed by atoms with van der Waals surface area (Å²) in [6, 6.07) is 59.7. The second-order valence-corrected chi connectivity index (χ2v) is 16.1. The van der Waals surface area contributed by atoms with Gasteiger partial charge in [0.15, 0.2) is 0 Å². The summed E-state index contributed by atoms with van der Waals surface area (Å²) in [4.78, 5) is 8.83. The zero-order valence-corrected chi connectivity index (χ0v) is 31.2. The lowest BCUT2D eigenvalue weighted by atomic mass is 9.83. The fourth-order valence-electron chi connectivity index (χ4n) is 10.8. The first-order valence-corrected chi connectivity index (χ1v) is 20.0. The van der Waals surface area contributed by atoms with Gasteiger partial charge in [0.1, 0.15) is 0 Å². The summed E-state index contributed by atoms with van der Waals surface area (Å²) >= 11 is 0. The van der Waals surface area contributed by atoms with Gasteiger partial charge in [-0.1, -0.05) is 121 Å². The van der Waals surface area contributed by atoms with Crippen LogP contribution in [0.25, 0.3) is 142 Å². The minimum Gasteiger partial charge on any atom is -0.264 e. The quantitative estimate of drug-likeness (QED) is 0.166. The topological polar surface area (TPSA) is 25.8 Å². The van der Waals surface area contributed by atoms with Crippen molar-refractivity contribution in [1.82, 2.24) is 9.97 Å². The van der Waals surface area contributed by atoms with Crippen molar-refractivity contribution in [2.75, 3.05) is 0 Å². The molecule has 0 aliphatic heterocycles. The third-order valence-corrected chi connectivity index (χ3v) is 13.2. The largest absolute Gasteiger partial charge is 0.264 e. The molecule has 2 aliphatic rings. The lowest BCUT2D eigenvalue weighted by Crippen LogP contribution is -1.92. The highest BCUT2D eigenvalue weighted by Gasteiger charge is 2.29. The molecule has 58 heavy (non-hydrogen) atoms. The Balaban J connectivity index is 1.13. The third-order valence-electron chi connectivity index (χ3n) is 13.2. The molecule has 0 fully saturated rings. The smallest absolute Gasteiger partial charge is 0.0346 e. The molecule has 0 bridgehead atoms. The van der Waals surface area contributed by atoms with Crippen molar-refractivity contribution in [3.05, 3.63) is 183 Å². The van der Waals surface area contributed by atoms with Crippen LogP contribution in [0.15, 0.2) is 183 Å². The molecule has 0 N–H and O–H groups in total. The number of rotatable bonds is 2. The highest BCUT2D eigenvalue weighted by atomic mass is 14.6. The maximum absolute atomic E-state index is 4.42. The molecule has 14 rings (SSSR count). The van der Waals surface area contributed by atoms with Gasteiger partial charge in [0.25, 0.3) is 0 Å². The fraction of sp³-hybridized carbons (Fsp3) is 0. The van der Waals surface area contributed by atoms with Gasteiger partial charge in [0.2, 0.25) is 0 Å². The lowest BCUT2D eigenvalue weighted by Gasteiger charge is -2.19. The van der Waals surface area contributed by atoms with E-state index >= 15 is 0 Å². The molecule has 264 valence electrons. The normalized spacial score (nSPS) is 12.5. The number of nitrogens with zero attached hydrogens (tertiary/aromatic N) is 2. The second kappa shape index (κ2) is 11.0. The molecular weight excluding hydrogens is 701 g/mol. The van der Waals surface area contributed by atoms with E-state index in [9.17, 15) is 0 Å². The fourth-order valence-corrected chi connectivity index (χ4v) is 10.8. The summed E-state index contributed by atoms with van der Waals surface area (Å²) in [6.07, 6.45) is 7.71. The van der Waals surface area contributed by atoms with Crippen molar-refractivity contribution in [2.24, 2.45) is 0 Å². The Hall–Kier alpha value is -7.68. The van der Waals surface area contributed by atoms with E-state index in [4.69, 9.17) is 0 Å². The summed E-state index contributed by atoms with van der Waals surface area (Å²) in [6.45, 7) is 0. The van der Waals surface area contributed by atoms with Crippen molar-refractivity contribution < 1.29 is 0 Å². The molecule has 2 aliphatic carbocycles. The van der Waals surface area contributed by atoms with Crippen molar-refractivity contribution >= 4 is 75.4 Å². The molecular formula is C56H30N2. The van der Waals surface area contributed by atoms with Crippen LogP contribution in [0, 0.1) is 0 Å². The first kappa shape index (κ1) is 30.5. The van der Waals surface area contributed by atoms with E-state index in [0.29, 0.717) is 0 Å². The van der Waals surface area contributed by atoms with E-state index in [0.717, 1.165) is 10.8 Å². The molecule has 2 heteroatoms. The third kappa shape index (κ3) is 3.91. The molecule has 0 saturated heterocycles. The van der Waals surface area contributed by atoms with Gasteiger partial charge in [-0.3, -0.25) is 9.97 Å². The van der Waals surface area contributed by atoms with Gasteiger partial charge in [-0.05, 0) is 168 Å². The number of aromatic nitrogens is 2. The van der Waals surface area contributed by atoms with Gasteiger partial charge in [-0.15, -0.1) is 0 Å². The van der Waals surface area contributed by atoms with Gasteiger partial charge in [0, 0.05) is 35.6 Å². The van der Waals surface area contributed by atoms with E-state index in [-0.39, 0.29) is 0 Å². The van der Waals surface area contributed by atoms with E-state index < -0.39 is 0 Å². The van der Waals surface area contributed by atoms with Crippen LogP contribution in [0.1, 0.15) is 0 Å². The molecule has 2 nitrogen and oxygen atoms in total. The van der Waals surface area contributed by atoms with Crippen LogP contribution < -0.4 is 0 Å². The molecule has 0 spiro atoms. The van der Waals surface area contributed by atoms with Gasteiger partial charge in [-0.2, -0.15) is 0 Å². The molecule has 0 amide bonds. The zero-order chi connectivity index (χ0) is 37.6. The average Bonchev–Trinajstić information content (AvgIpc) is 3.78. The molecule has 0 radical (unpaired) electrons. The lowest BCUT2D eigenvalue weighted by molar-refractivity contribution is 1.36. The van der Waals surface area contributed by atoms with Crippen LogP contribution in [0.2, 0.25) is 0 Å². The van der Waals surface area contributed by atoms with E-state index in [1.165, 1.54) is 131 Å². The summed E-state index contributed by atoms with van der Waals surface area (Å²) in [5, 5.41) is 17.6. The van der Waals surface area contributed by atoms with Gasteiger partial charge in [0.05, 0.1) is 0 Å². The van der Waals surface area contributed by atoms with Crippen LogP contribution in [0.5, 0.6) is 0 Å². The molecule has 0 saturated carbocycles. The van der Waals surface area contributed by atoms with Crippen molar-refractivity contribution in [2.45, 2.75) is 0 Å². The molecule has 10 aromatic carbocycles. The maximum Gasteiger partial charge on any atom is 0.0346 e. The van der Waals surface area contributed by atoms with Crippen LogP contribution >= 0.6 is 0 Å². The molecule has 0 atom stereocenters. The average molecular weight is 731 g/mol. The van der Waals surface area contributed by atoms with Crippen molar-refractivity contribution in [1.29, 1.82) is 0 Å². The Morgan fingerprint density at radius 3 is 1.16 bits per heavy atom. The van der Waals surface area contributed by atoms with Crippen LogP contribution in [-0.4, -0.2) is 9.97 Å². The Kier molecular flexibility index (Phi) is 5.79. The standard InChI is InChI=1S/C56H30N2/c1-5-31-7-3-11-45-51(31)41(9-1)49-27-47-39-17-20-44-48(40(39)18-19-43(47)53(55(45)49)35-13-15-37-29-57-23-21-33(37)25-35)28-50-42-10-2-6-32-8-4-12-46(52(32)42)56(50)54(44)36-14-16-38-30-58-24-22-34(38)26-36/h1-30H. The number of hydrogen-bond acceptors (Lipinski definition) is 2. The Bertz CT molecular complexity index is 3590. The zero-order valence-electron chi connectivity index (χ0n) is 31.2. The predicted molar refractivity (Wildman–Crippen MR) is 244 cm³/mol. The second-order valence-electron chi connectivity index (χ2n) is 16.1. The molecule has 0 unspecified atom stereocenters. The summed E-state index contributed by atoms with van der Waals surface area (Å²) in [7, 11) is 0. The first-order valence-electron chi connectivity index (χ1n) is 20.0. The Morgan fingerprint density at radius 2 is 0.690 bits per heavy atom. The van der Waals surface area contributed by atoms with E-state index in [1.54, 1.807) is 0 Å². The Morgan fingerprint density at radius 1 is 0.259 bits per heavy atom. The molecule has 2 aromatic heterocycles. The number of pyridine rings is 2. The predicted octanol–water partition coefficient (Wildman–Crippen LogP) is 15.2. The van der Waals surface area contributed by atoms with Gasteiger partial charge >= 0.3 is 0 Å². The van der Waals surface area contributed by atoms with Crippen molar-refractivity contribution in [3.63, 3.8) is 0 Å². The van der Waals surface area contributed by atoms with Crippen LogP contribution in [0.3, 0.4) is 0 Å². The highest BCUT2D eigenvalue weighted by molar-refractivity contribution is 6.30. The number of benzene rings is 10. The minimum atomic E-state index is 1.15. The van der Waals surface area contributed by atoms with Gasteiger partial charge in [-0.25, -0.2) is 0 Å². The SMILES string of the molecule is c1cc2c3c(cccc3c1)-c1c-2cc2c(ccc3c4cc5c(c(-c6ccc7cnccc7c6)c4ccc23)-c2cccc3cccc-5c23)c1-c1ccc2cnccc2c1. The summed E-state index contributed by atoms with van der Waals surface area (Å²) < 4.78 is 0. The Labute approximate surface area is 333 Å². The number of fused-ring (bicyclic) bond motifs is 13. The number of hydrogen-bond donors (Lipinski definition) is 0. The minimum absolute atomic E-state index is 1.15. The molecule has 2 heterocycles.